The number of aromatic nitrogens is 1. The molecular formula is C16H13F2N3O2. The van der Waals surface area contributed by atoms with Crippen LogP contribution in [0.3, 0.4) is 0 Å². The first-order valence-corrected chi connectivity index (χ1v) is 6.64. The largest absolute Gasteiger partial charge is 0.347 e. The quantitative estimate of drug-likeness (QED) is 0.833. The van der Waals surface area contributed by atoms with E-state index in [1.807, 2.05) is 0 Å². The van der Waals surface area contributed by atoms with Crippen molar-refractivity contribution < 1.29 is 18.4 Å². The van der Waals surface area contributed by atoms with Gasteiger partial charge in [0.2, 0.25) is 0 Å². The SMILES string of the molecule is C=CCNC(=O)c1cccc(C(=O)Nc2ccc(F)cc2F)n1. The Kier molecular flexibility index (Phi) is 5.14. The summed E-state index contributed by atoms with van der Waals surface area (Å²) in [5.41, 5.74) is -0.209. The number of pyridine rings is 1. The number of hydrogen-bond donors (Lipinski definition) is 2. The van der Waals surface area contributed by atoms with Crippen molar-refractivity contribution in [3.8, 4) is 0 Å². The molecule has 0 aliphatic rings. The fourth-order valence-electron chi connectivity index (χ4n) is 1.72. The van der Waals surface area contributed by atoms with Gasteiger partial charge in [-0.3, -0.25) is 9.59 Å². The number of nitrogens with one attached hydrogen (secondary N) is 2. The van der Waals surface area contributed by atoms with Gasteiger partial charge in [-0.05, 0) is 24.3 Å². The van der Waals surface area contributed by atoms with E-state index in [-0.39, 0.29) is 23.6 Å². The molecule has 0 aliphatic heterocycles. The van der Waals surface area contributed by atoms with E-state index < -0.39 is 23.4 Å². The van der Waals surface area contributed by atoms with Crippen molar-refractivity contribution in [2.75, 3.05) is 11.9 Å². The summed E-state index contributed by atoms with van der Waals surface area (Å²) in [6, 6.07) is 7.07. The molecule has 0 spiro atoms. The smallest absolute Gasteiger partial charge is 0.274 e. The summed E-state index contributed by atoms with van der Waals surface area (Å²) in [5, 5.41) is 4.80. The first-order chi connectivity index (χ1) is 11.0. The van der Waals surface area contributed by atoms with Crippen molar-refractivity contribution in [2.24, 2.45) is 0 Å². The number of carbonyl (C=O) groups excluding carboxylic acids is 2. The average molecular weight is 317 g/mol. The zero-order chi connectivity index (χ0) is 16.8. The lowest BCUT2D eigenvalue weighted by Crippen LogP contribution is -2.25. The minimum absolute atomic E-state index is 0.0408. The molecule has 0 atom stereocenters. The van der Waals surface area contributed by atoms with Gasteiger partial charge in [-0.25, -0.2) is 13.8 Å². The lowest BCUT2D eigenvalue weighted by Gasteiger charge is -2.07. The van der Waals surface area contributed by atoms with Crippen LogP contribution in [0.4, 0.5) is 14.5 Å². The second-order valence-corrected chi connectivity index (χ2v) is 4.49. The van der Waals surface area contributed by atoms with Crippen LogP contribution in [0.15, 0.2) is 49.1 Å². The molecule has 0 saturated carbocycles. The molecule has 1 aromatic heterocycles. The van der Waals surface area contributed by atoms with Crippen molar-refractivity contribution in [3.63, 3.8) is 0 Å². The Morgan fingerprint density at radius 1 is 1.13 bits per heavy atom. The topological polar surface area (TPSA) is 71.1 Å². The van der Waals surface area contributed by atoms with Gasteiger partial charge in [0.15, 0.2) is 0 Å². The molecular weight excluding hydrogens is 304 g/mol. The van der Waals surface area contributed by atoms with Gasteiger partial charge >= 0.3 is 0 Å². The van der Waals surface area contributed by atoms with Crippen molar-refractivity contribution in [3.05, 3.63) is 72.1 Å². The molecule has 0 fully saturated rings. The minimum atomic E-state index is -0.904. The van der Waals surface area contributed by atoms with Crippen molar-refractivity contribution in [1.82, 2.24) is 10.3 Å². The monoisotopic (exact) mass is 317 g/mol. The Balaban J connectivity index is 2.16. The third-order valence-corrected chi connectivity index (χ3v) is 2.80. The fourth-order valence-corrected chi connectivity index (χ4v) is 1.72. The van der Waals surface area contributed by atoms with E-state index in [4.69, 9.17) is 0 Å². The summed E-state index contributed by atoms with van der Waals surface area (Å²) in [6.45, 7) is 3.73. The Morgan fingerprint density at radius 3 is 2.48 bits per heavy atom. The third kappa shape index (κ3) is 4.19. The summed E-state index contributed by atoms with van der Waals surface area (Å²) >= 11 is 0. The number of anilines is 1. The molecule has 5 nitrogen and oxygen atoms in total. The standard InChI is InChI=1S/C16H13F2N3O2/c1-2-8-19-15(22)13-4-3-5-14(20-13)16(23)21-12-7-6-10(17)9-11(12)18/h2-7,9H,1,8H2,(H,19,22)(H,21,23). The van der Waals surface area contributed by atoms with Crippen LogP contribution in [0.25, 0.3) is 0 Å². The van der Waals surface area contributed by atoms with E-state index in [9.17, 15) is 18.4 Å². The lowest BCUT2D eigenvalue weighted by atomic mass is 10.2. The molecule has 2 rings (SSSR count). The molecule has 0 bridgehead atoms. The number of benzene rings is 1. The molecule has 0 unspecified atom stereocenters. The maximum atomic E-state index is 13.5. The summed E-state index contributed by atoms with van der Waals surface area (Å²) in [4.78, 5) is 27.7. The number of nitrogens with zero attached hydrogens (tertiary/aromatic N) is 1. The second kappa shape index (κ2) is 7.26. The minimum Gasteiger partial charge on any atom is -0.347 e. The van der Waals surface area contributed by atoms with Crippen LogP contribution in [-0.2, 0) is 0 Å². The highest BCUT2D eigenvalue weighted by atomic mass is 19.1. The molecule has 1 aromatic carbocycles. The highest BCUT2D eigenvalue weighted by molar-refractivity contribution is 6.03. The zero-order valence-corrected chi connectivity index (χ0v) is 12.0. The van der Waals surface area contributed by atoms with Gasteiger partial charge < -0.3 is 10.6 Å². The molecule has 118 valence electrons. The molecule has 1 heterocycles. The zero-order valence-electron chi connectivity index (χ0n) is 12.0. The van der Waals surface area contributed by atoms with Gasteiger partial charge in [-0.15, -0.1) is 6.58 Å². The van der Waals surface area contributed by atoms with Gasteiger partial charge in [-0.1, -0.05) is 12.1 Å². The lowest BCUT2D eigenvalue weighted by molar-refractivity contribution is 0.0953. The van der Waals surface area contributed by atoms with E-state index in [0.29, 0.717) is 6.07 Å². The van der Waals surface area contributed by atoms with Crippen molar-refractivity contribution in [2.45, 2.75) is 0 Å². The number of carbonyl (C=O) groups is 2. The van der Waals surface area contributed by atoms with Crippen LogP contribution in [0.2, 0.25) is 0 Å². The Hall–Kier alpha value is -3.09. The third-order valence-electron chi connectivity index (χ3n) is 2.80. The Labute approximate surface area is 131 Å². The molecule has 0 saturated heterocycles. The predicted octanol–water partition coefficient (Wildman–Crippen LogP) is 2.53. The highest BCUT2D eigenvalue weighted by Crippen LogP contribution is 2.15. The first kappa shape index (κ1) is 16.3. The molecule has 7 heteroatoms. The summed E-state index contributed by atoms with van der Waals surface area (Å²) in [7, 11) is 0. The van der Waals surface area contributed by atoms with E-state index in [0.717, 1.165) is 12.1 Å². The molecule has 2 amide bonds. The van der Waals surface area contributed by atoms with Crippen LogP contribution >= 0.6 is 0 Å². The van der Waals surface area contributed by atoms with Gasteiger partial charge in [0.05, 0.1) is 5.69 Å². The second-order valence-electron chi connectivity index (χ2n) is 4.49. The maximum Gasteiger partial charge on any atom is 0.274 e. The number of amides is 2. The molecule has 0 radical (unpaired) electrons. The fraction of sp³-hybridized carbons (Fsp3) is 0.0625. The number of rotatable bonds is 5. The van der Waals surface area contributed by atoms with E-state index in [1.165, 1.54) is 24.3 Å². The first-order valence-electron chi connectivity index (χ1n) is 6.64. The van der Waals surface area contributed by atoms with Crippen LogP contribution in [0, 0.1) is 11.6 Å². The summed E-state index contributed by atoms with van der Waals surface area (Å²) < 4.78 is 26.4. The maximum absolute atomic E-state index is 13.5. The predicted molar refractivity (Wildman–Crippen MR) is 81.1 cm³/mol. The molecule has 23 heavy (non-hydrogen) atoms. The van der Waals surface area contributed by atoms with E-state index in [2.05, 4.69) is 22.2 Å². The van der Waals surface area contributed by atoms with Crippen molar-refractivity contribution in [1.29, 1.82) is 0 Å². The van der Waals surface area contributed by atoms with Crippen LogP contribution in [0.1, 0.15) is 21.0 Å². The summed E-state index contributed by atoms with van der Waals surface area (Å²) in [5.74, 6) is -2.83. The van der Waals surface area contributed by atoms with Gasteiger partial charge in [0, 0.05) is 12.6 Å². The van der Waals surface area contributed by atoms with Crippen LogP contribution < -0.4 is 10.6 Å². The van der Waals surface area contributed by atoms with Gasteiger partial charge in [0.1, 0.15) is 23.0 Å². The highest BCUT2D eigenvalue weighted by Gasteiger charge is 2.14. The number of halogens is 2. The molecule has 0 aliphatic carbocycles. The number of hydrogen-bond acceptors (Lipinski definition) is 3. The van der Waals surface area contributed by atoms with Crippen molar-refractivity contribution >= 4 is 17.5 Å². The van der Waals surface area contributed by atoms with E-state index in [1.54, 1.807) is 0 Å². The average Bonchev–Trinajstić information content (AvgIpc) is 2.55. The Bertz CT molecular complexity index is 763. The Morgan fingerprint density at radius 2 is 1.83 bits per heavy atom. The summed E-state index contributed by atoms with van der Waals surface area (Å²) in [6.07, 6.45) is 1.51. The molecule has 2 N–H and O–H groups in total. The van der Waals surface area contributed by atoms with Crippen LogP contribution in [0.5, 0.6) is 0 Å². The van der Waals surface area contributed by atoms with Gasteiger partial charge in [0.25, 0.3) is 11.8 Å². The van der Waals surface area contributed by atoms with E-state index >= 15 is 0 Å². The van der Waals surface area contributed by atoms with Gasteiger partial charge in [-0.2, -0.15) is 0 Å². The normalized spacial score (nSPS) is 10.0. The molecule has 2 aromatic rings. The van der Waals surface area contributed by atoms with Crippen LogP contribution in [-0.4, -0.2) is 23.3 Å².